The fourth-order valence-electron chi connectivity index (χ4n) is 2.09. The number of rotatable bonds is 2. The van der Waals surface area contributed by atoms with Crippen LogP contribution in [0.15, 0.2) is 42.5 Å². The zero-order valence-electron chi connectivity index (χ0n) is 13.5. The molecule has 0 bridgehead atoms. The van der Waals surface area contributed by atoms with E-state index in [9.17, 15) is 4.39 Å². The Kier molecular flexibility index (Phi) is 6.91. The lowest BCUT2D eigenvalue weighted by atomic mass is 10.0. The lowest BCUT2D eigenvalue weighted by molar-refractivity contribution is 0.598. The zero-order valence-corrected chi connectivity index (χ0v) is 14.2. The Hall–Kier alpha value is -1.34. The second-order valence-corrected chi connectivity index (χ2v) is 6.27. The van der Waals surface area contributed by atoms with E-state index >= 15 is 0 Å². The van der Waals surface area contributed by atoms with Crippen LogP contribution in [-0.4, -0.2) is 0 Å². The van der Waals surface area contributed by atoms with Crippen molar-refractivity contribution in [2.24, 2.45) is 0 Å². The van der Waals surface area contributed by atoms with Gasteiger partial charge in [-0.1, -0.05) is 75.2 Å². The molecule has 2 aromatic rings. The van der Waals surface area contributed by atoms with Crippen LogP contribution in [0.2, 0.25) is 5.02 Å². The van der Waals surface area contributed by atoms with Crippen molar-refractivity contribution in [3.8, 4) is 0 Å². The van der Waals surface area contributed by atoms with E-state index in [-0.39, 0.29) is 11.7 Å². The first-order valence-corrected chi connectivity index (χ1v) is 7.71. The van der Waals surface area contributed by atoms with E-state index in [1.165, 1.54) is 17.2 Å². The van der Waals surface area contributed by atoms with Gasteiger partial charge in [-0.3, -0.25) is 0 Å². The minimum atomic E-state index is -0.215. The van der Waals surface area contributed by atoms with Gasteiger partial charge in [0.2, 0.25) is 0 Å². The Bertz CT molecular complexity index is 553. The Balaban J connectivity index is 0.000000211. The van der Waals surface area contributed by atoms with E-state index in [2.05, 4.69) is 45.0 Å². The van der Waals surface area contributed by atoms with Crippen molar-refractivity contribution in [1.82, 2.24) is 0 Å². The molecule has 0 unspecified atom stereocenters. The fraction of sp³-hybridized carbons (Fsp3) is 0.368. The summed E-state index contributed by atoms with van der Waals surface area (Å²) in [6.07, 6.45) is 0. The lowest BCUT2D eigenvalue weighted by Gasteiger charge is -2.07. The summed E-state index contributed by atoms with van der Waals surface area (Å²) in [6.45, 7) is 10.4. The van der Waals surface area contributed by atoms with Gasteiger partial charge >= 0.3 is 0 Å². The molecule has 0 fully saturated rings. The summed E-state index contributed by atoms with van der Waals surface area (Å²) in [5.41, 5.74) is 3.39. The zero-order chi connectivity index (χ0) is 16.0. The highest BCUT2D eigenvalue weighted by Crippen LogP contribution is 2.26. The van der Waals surface area contributed by atoms with Gasteiger partial charge in [-0.2, -0.15) is 0 Å². The predicted octanol–water partition coefficient (Wildman–Crippen LogP) is 6.72. The number of hydrogen-bond donors (Lipinski definition) is 0. The lowest BCUT2D eigenvalue weighted by Crippen LogP contribution is -1.93. The van der Waals surface area contributed by atoms with Crippen molar-refractivity contribution in [1.29, 1.82) is 0 Å². The minimum absolute atomic E-state index is 0.142. The van der Waals surface area contributed by atoms with Crippen molar-refractivity contribution < 1.29 is 4.39 Å². The van der Waals surface area contributed by atoms with Gasteiger partial charge < -0.3 is 0 Å². The third-order valence-corrected chi connectivity index (χ3v) is 3.62. The van der Waals surface area contributed by atoms with Crippen molar-refractivity contribution >= 4 is 11.6 Å². The topological polar surface area (TPSA) is 0 Å². The highest BCUT2D eigenvalue weighted by Gasteiger charge is 2.09. The summed E-state index contributed by atoms with van der Waals surface area (Å²) in [5, 5.41) is 0.514. The molecule has 0 aliphatic carbocycles. The molecular formula is C19H24ClF. The van der Waals surface area contributed by atoms with Gasteiger partial charge in [0.1, 0.15) is 5.82 Å². The van der Waals surface area contributed by atoms with Crippen molar-refractivity contribution in [2.45, 2.75) is 46.5 Å². The molecule has 0 aliphatic heterocycles. The standard InChI is InChI=1S/C10H14.C9H10ClF/c1-8(2)10-6-4-5-9(3)7-10;1-6(2)9-7(10)4-3-5-8(9)11/h4-8H,1-3H3;3-6H,1-2H3. The second-order valence-electron chi connectivity index (χ2n) is 5.86. The third-order valence-electron chi connectivity index (χ3n) is 3.29. The summed E-state index contributed by atoms with van der Waals surface area (Å²) in [4.78, 5) is 0. The Morgan fingerprint density at radius 2 is 1.52 bits per heavy atom. The summed E-state index contributed by atoms with van der Waals surface area (Å²) < 4.78 is 13.0. The summed E-state index contributed by atoms with van der Waals surface area (Å²) in [5.74, 6) is 0.580. The molecule has 0 radical (unpaired) electrons. The molecule has 21 heavy (non-hydrogen) atoms. The van der Waals surface area contributed by atoms with Crippen LogP contribution in [0.3, 0.4) is 0 Å². The fourth-order valence-corrected chi connectivity index (χ4v) is 2.47. The van der Waals surface area contributed by atoms with E-state index in [1.807, 2.05) is 13.8 Å². The van der Waals surface area contributed by atoms with Crippen LogP contribution < -0.4 is 0 Å². The molecule has 2 heteroatoms. The summed E-state index contributed by atoms with van der Waals surface area (Å²) in [6, 6.07) is 13.4. The first kappa shape index (κ1) is 17.7. The van der Waals surface area contributed by atoms with E-state index in [1.54, 1.807) is 12.1 Å². The van der Waals surface area contributed by atoms with Crippen LogP contribution in [0, 0.1) is 12.7 Å². The highest BCUT2D eigenvalue weighted by molar-refractivity contribution is 6.31. The van der Waals surface area contributed by atoms with Crippen LogP contribution in [0.25, 0.3) is 0 Å². The maximum Gasteiger partial charge on any atom is 0.128 e. The molecule has 2 rings (SSSR count). The number of halogens is 2. The van der Waals surface area contributed by atoms with Gasteiger partial charge in [0.05, 0.1) is 0 Å². The molecule has 0 nitrogen and oxygen atoms in total. The number of benzene rings is 2. The molecule has 0 heterocycles. The first-order valence-electron chi connectivity index (χ1n) is 7.33. The molecule has 0 N–H and O–H groups in total. The average Bonchev–Trinajstić information content (AvgIpc) is 2.38. The molecule has 0 aromatic heterocycles. The second kappa shape index (κ2) is 8.19. The highest BCUT2D eigenvalue weighted by atomic mass is 35.5. The van der Waals surface area contributed by atoms with E-state index in [4.69, 9.17) is 11.6 Å². The summed E-state index contributed by atoms with van der Waals surface area (Å²) >= 11 is 5.78. The molecule has 0 amide bonds. The molecule has 0 saturated carbocycles. The van der Waals surface area contributed by atoms with Gasteiger partial charge in [0.25, 0.3) is 0 Å². The van der Waals surface area contributed by atoms with Gasteiger partial charge in [-0.25, -0.2) is 4.39 Å². The molecule has 0 atom stereocenters. The minimum Gasteiger partial charge on any atom is -0.207 e. The normalized spacial score (nSPS) is 10.5. The molecule has 114 valence electrons. The van der Waals surface area contributed by atoms with Crippen molar-refractivity contribution in [3.63, 3.8) is 0 Å². The van der Waals surface area contributed by atoms with Crippen LogP contribution >= 0.6 is 11.6 Å². The van der Waals surface area contributed by atoms with Crippen LogP contribution in [0.4, 0.5) is 4.39 Å². The molecule has 0 spiro atoms. The van der Waals surface area contributed by atoms with Crippen LogP contribution in [0.5, 0.6) is 0 Å². The maximum absolute atomic E-state index is 13.0. The SMILES string of the molecule is CC(C)c1c(F)cccc1Cl.Cc1cccc(C(C)C)c1. The Morgan fingerprint density at radius 3 is 1.90 bits per heavy atom. The largest absolute Gasteiger partial charge is 0.207 e. The first-order chi connectivity index (χ1) is 9.82. The van der Waals surface area contributed by atoms with Gasteiger partial charge in [-0.15, -0.1) is 0 Å². The average molecular weight is 307 g/mol. The smallest absolute Gasteiger partial charge is 0.128 e. The van der Waals surface area contributed by atoms with Crippen LogP contribution in [-0.2, 0) is 0 Å². The Morgan fingerprint density at radius 1 is 0.905 bits per heavy atom. The van der Waals surface area contributed by atoms with Gasteiger partial charge in [-0.05, 0) is 36.5 Å². The Labute approximate surface area is 133 Å². The van der Waals surface area contributed by atoms with Gasteiger partial charge in [0, 0.05) is 10.6 Å². The summed E-state index contributed by atoms with van der Waals surface area (Å²) in [7, 11) is 0. The van der Waals surface area contributed by atoms with Crippen molar-refractivity contribution in [3.05, 3.63) is 70.0 Å². The maximum atomic E-state index is 13.0. The van der Waals surface area contributed by atoms with Crippen molar-refractivity contribution in [2.75, 3.05) is 0 Å². The third kappa shape index (κ3) is 5.51. The monoisotopic (exact) mass is 306 g/mol. The van der Waals surface area contributed by atoms with E-state index in [0.29, 0.717) is 16.5 Å². The molecule has 0 saturated heterocycles. The molecule has 2 aromatic carbocycles. The van der Waals surface area contributed by atoms with E-state index < -0.39 is 0 Å². The molecule has 0 aliphatic rings. The molecular weight excluding hydrogens is 283 g/mol. The van der Waals surface area contributed by atoms with Crippen LogP contribution in [0.1, 0.15) is 56.2 Å². The van der Waals surface area contributed by atoms with Gasteiger partial charge in [0.15, 0.2) is 0 Å². The number of hydrogen-bond acceptors (Lipinski definition) is 0. The predicted molar refractivity (Wildman–Crippen MR) is 90.8 cm³/mol. The quantitative estimate of drug-likeness (QED) is 0.577. The number of aryl methyl sites for hydroxylation is 1. The van der Waals surface area contributed by atoms with E-state index in [0.717, 1.165) is 0 Å².